The number of rotatable bonds is 5. The molecule has 18 heavy (non-hydrogen) atoms. The second kappa shape index (κ2) is 4.75. The number of nitrogens with two attached hydrogens (primary N) is 2. The summed E-state index contributed by atoms with van der Waals surface area (Å²) in [6.07, 6.45) is 2.08. The maximum Gasteiger partial charge on any atom is 0.238 e. The maximum absolute atomic E-state index is 11.4. The van der Waals surface area contributed by atoms with Crippen LogP contribution in [0.15, 0.2) is 23.1 Å². The predicted molar refractivity (Wildman–Crippen MR) is 69.7 cm³/mol. The summed E-state index contributed by atoms with van der Waals surface area (Å²) >= 11 is 0. The molecule has 7 heteroatoms. The first-order valence-electron chi connectivity index (χ1n) is 5.72. The van der Waals surface area contributed by atoms with Gasteiger partial charge < -0.3 is 15.7 Å². The molecule has 100 valence electrons. The van der Waals surface area contributed by atoms with Gasteiger partial charge in [0.05, 0.1) is 11.5 Å². The molecule has 0 unspecified atom stereocenters. The highest BCUT2D eigenvalue weighted by Gasteiger charge is 2.29. The van der Waals surface area contributed by atoms with E-state index in [1.54, 1.807) is 6.07 Å². The summed E-state index contributed by atoms with van der Waals surface area (Å²) in [5, 5.41) is 14.2. The lowest BCUT2D eigenvalue weighted by Crippen LogP contribution is -2.29. The summed E-state index contributed by atoms with van der Waals surface area (Å²) in [7, 11) is -3.77. The zero-order valence-electron chi connectivity index (χ0n) is 9.91. The van der Waals surface area contributed by atoms with E-state index in [0.717, 1.165) is 12.8 Å². The van der Waals surface area contributed by atoms with Crippen molar-refractivity contribution < 1.29 is 13.5 Å². The van der Waals surface area contributed by atoms with Gasteiger partial charge in [-0.25, -0.2) is 13.6 Å². The van der Waals surface area contributed by atoms with Crippen LogP contribution in [0.3, 0.4) is 0 Å². The van der Waals surface area contributed by atoms with E-state index in [1.165, 1.54) is 12.1 Å². The number of sulfonamides is 1. The molecule has 1 aliphatic rings. The van der Waals surface area contributed by atoms with Gasteiger partial charge in [0.15, 0.2) is 0 Å². The average Bonchev–Trinajstić information content (AvgIpc) is 3.07. The van der Waals surface area contributed by atoms with Crippen LogP contribution < -0.4 is 15.8 Å². The summed E-state index contributed by atoms with van der Waals surface area (Å²) in [5.41, 5.74) is 6.74. The summed E-state index contributed by atoms with van der Waals surface area (Å²) in [5.74, 6) is 0. The highest BCUT2D eigenvalue weighted by atomic mass is 32.2. The minimum atomic E-state index is -3.77. The molecule has 0 amide bonds. The number of hydrogen-bond donors (Lipinski definition) is 3. The Morgan fingerprint density at radius 2 is 2.00 bits per heavy atom. The van der Waals surface area contributed by atoms with Crippen molar-refractivity contribution in [2.24, 2.45) is 5.14 Å². The van der Waals surface area contributed by atoms with Crippen LogP contribution in [0.2, 0.25) is 0 Å². The molecule has 1 aromatic carbocycles. The molecule has 1 fully saturated rings. The normalized spacial score (nSPS) is 15.7. The van der Waals surface area contributed by atoms with Gasteiger partial charge in [0, 0.05) is 24.0 Å². The topological polar surface area (TPSA) is 110 Å². The molecular weight excluding hydrogens is 254 g/mol. The molecule has 0 spiro atoms. The monoisotopic (exact) mass is 271 g/mol. The summed E-state index contributed by atoms with van der Waals surface area (Å²) in [4.78, 5) is 1.96. The smallest absolute Gasteiger partial charge is 0.238 e. The van der Waals surface area contributed by atoms with Gasteiger partial charge in [-0.05, 0) is 31.0 Å². The van der Waals surface area contributed by atoms with E-state index in [9.17, 15) is 8.42 Å². The lowest BCUT2D eigenvalue weighted by molar-refractivity contribution is 0.301. The van der Waals surface area contributed by atoms with Crippen LogP contribution in [-0.2, 0) is 10.0 Å². The molecule has 6 nitrogen and oxygen atoms in total. The Bertz CT molecular complexity index is 540. The minimum Gasteiger partial charge on any atom is -0.399 e. The quantitative estimate of drug-likeness (QED) is 0.647. The molecule has 1 aromatic rings. The number of hydrogen-bond acceptors (Lipinski definition) is 5. The van der Waals surface area contributed by atoms with Crippen molar-refractivity contribution in [2.75, 3.05) is 23.8 Å². The number of primary sulfonamides is 1. The van der Waals surface area contributed by atoms with Crippen molar-refractivity contribution in [1.82, 2.24) is 0 Å². The van der Waals surface area contributed by atoms with Crippen molar-refractivity contribution in [2.45, 2.75) is 23.8 Å². The van der Waals surface area contributed by atoms with Gasteiger partial charge in [-0.3, -0.25) is 0 Å². The first kappa shape index (κ1) is 13.1. The molecule has 0 radical (unpaired) electrons. The van der Waals surface area contributed by atoms with Gasteiger partial charge in [0.1, 0.15) is 0 Å². The number of aliphatic hydroxyl groups is 1. The highest BCUT2D eigenvalue weighted by Crippen LogP contribution is 2.33. The second-order valence-electron chi connectivity index (χ2n) is 4.45. The SMILES string of the molecule is Nc1cc(N(CCO)C2CC2)cc(S(N)(=O)=O)c1. The van der Waals surface area contributed by atoms with Crippen LogP contribution >= 0.6 is 0 Å². The molecule has 0 aliphatic heterocycles. The number of nitrogens with zero attached hydrogens (tertiary/aromatic N) is 1. The van der Waals surface area contributed by atoms with Crippen LogP contribution in [0.5, 0.6) is 0 Å². The number of anilines is 2. The molecule has 0 aromatic heterocycles. The van der Waals surface area contributed by atoms with Gasteiger partial charge in [-0.1, -0.05) is 0 Å². The molecular formula is C11H17N3O3S. The summed E-state index contributed by atoms with van der Waals surface area (Å²) < 4.78 is 22.7. The third-order valence-corrected chi connectivity index (χ3v) is 3.80. The molecule has 5 N–H and O–H groups in total. The van der Waals surface area contributed by atoms with Crippen LogP contribution in [0, 0.1) is 0 Å². The van der Waals surface area contributed by atoms with Gasteiger partial charge in [-0.2, -0.15) is 0 Å². The Labute approximate surface area is 106 Å². The van der Waals surface area contributed by atoms with E-state index in [-0.39, 0.29) is 11.5 Å². The third-order valence-electron chi connectivity index (χ3n) is 2.90. The second-order valence-corrected chi connectivity index (χ2v) is 6.01. The molecule has 2 rings (SSSR count). The van der Waals surface area contributed by atoms with Gasteiger partial charge in [0.2, 0.25) is 10.0 Å². The Balaban J connectivity index is 2.40. The standard InChI is InChI=1S/C11H17N3O3S/c12-8-5-10(7-11(6-8)18(13,16)17)14(3-4-15)9-1-2-9/h5-7,9,15H,1-4,12H2,(H2,13,16,17). The maximum atomic E-state index is 11.4. The fourth-order valence-electron chi connectivity index (χ4n) is 1.95. The lowest BCUT2D eigenvalue weighted by atomic mass is 10.2. The molecule has 0 bridgehead atoms. The minimum absolute atomic E-state index is 0.00101. The largest absolute Gasteiger partial charge is 0.399 e. The van der Waals surface area contributed by atoms with Crippen LogP contribution in [0.4, 0.5) is 11.4 Å². The Morgan fingerprint density at radius 1 is 1.33 bits per heavy atom. The first-order valence-corrected chi connectivity index (χ1v) is 7.27. The van der Waals surface area contributed by atoms with E-state index in [2.05, 4.69) is 0 Å². The van der Waals surface area contributed by atoms with Crippen molar-refractivity contribution in [3.63, 3.8) is 0 Å². The van der Waals surface area contributed by atoms with E-state index < -0.39 is 10.0 Å². The molecule has 1 saturated carbocycles. The van der Waals surface area contributed by atoms with Crippen molar-refractivity contribution in [1.29, 1.82) is 0 Å². The number of nitrogen functional groups attached to an aromatic ring is 1. The fourth-order valence-corrected chi connectivity index (χ4v) is 2.54. The van der Waals surface area contributed by atoms with Crippen LogP contribution in [0.25, 0.3) is 0 Å². The first-order chi connectivity index (χ1) is 8.41. The van der Waals surface area contributed by atoms with Crippen molar-refractivity contribution in [3.8, 4) is 0 Å². The number of benzene rings is 1. The zero-order valence-corrected chi connectivity index (χ0v) is 10.7. The molecule has 0 atom stereocenters. The molecule has 1 aliphatic carbocycles. The third kappa shape index (κ3) is 2.92. The van der Waals surface area contributed by atoms with Gasteiger partial charge >= 0.3 is 0 Å². The van der Waals surface area contributed by atoms with E-state index >= 15 is 0 Å². The summed E-state index contributed by atoms with van der Waals surface area (Å²) in [6, 6.07) is 4.89. The van der Waals surface area contributed by atoms with Crippen molar-refractivity contribution >= 4 is 21.4 Å². The van der Waals surface area contributed by atoms with E-state index in [4.69, 9.17) is 16.0 Å². The number of aliphatic hydroxyl groups excluding tert-OH is 1. The zero-order chi connectivity index (χ0) is 13.3. The van der Waals surface area contributed by atoms with Gasteiger partial charge in [0.25, 0.3) is 0 Å². The summed E-state index contributed by atoms with van der Waals surface area (Å²) in [6.45, 7) is 0.466. The highest BCUT2D eigenvalue weighted by molar-refractivity contribution is 7.89. The Hall–Kier alpha value is -1.31. The lowest BCUT2D eigenvalue weighted by Gasteiger charge is -2.24. The average molecular weight is 271 g/mol. The Kier molecular flexibility index (Phi) is 3.47. The van der Waals surface area contributed by atoms with Gasteiger partial charge in [-0.15, -0.1) is 0 Å². The molecule has 0 heterocycles. The van der Waals surface area contributed by atoms with E-state index in [0.29, 0.717) is 24.0 Å². The molecule has 0 saturated heterocycles. The van der Waals surface area contributed by atoms with Crippen molar-refractivity contribution in [3.05, 3.63) is 18.2 Å². The Morgan fingerprint density at radius 3 is 2.50 bits per heavy atom. The fraction of sp³-hybridized carbons (Fsp3) is 0.455. The van der Waals surface area contributed by atoms with E-state index in [1.807, 2.05) is 4.90 Å². The van der Waals surface area contributed by atoms with Crippen LogP contribution in [0.1, 0.15) is 12.8 Å². The van der Waals surface area contributed by atoms with Crippen LogP contribution in [-0.4, -0.2) is 32.7 Å². The predicted octanol–water partition coefficient (Wildman–Crippen LogP) is -0.123.